The van der Waals surface area contributed by atoms with Crippen LogP contribution in [0.15, 0.2) is 35.4 Å². The Hall–Kier alpha value is -2.01. The van der Waals surface area contributed by atoms with E-state index in [9.17, 15) is 4.79 Å². The Kier molecular flexibility index (Phi) is 2.50. The molecule has 0 bridgehead atoms. The monoisotopic (exact) mass is 288 g/mol. The van der Waals surface area contributed by atoms with Gasteiger partial charge in [-0.2, -0.15) is 5.10 Å². The highest BCUT2D eigenvalue weighted by Gasteiger charge is 2.22. The minimum Gasteiger partial charge on any atom is -0.305 e. The predicted molar refractivity (Wildman–Crippen MR) is 77.4 cm³/mol. The van der Waals surface area contributed by atoms with Gasteiger partial charge in [0.25, 0.3) is 0 Å². The number of nitrogens with one attached hydrogen (secondary N) is 1. The smallest absolute Gasteiger partial charge is 0.305 e. The molecule has 0 saturated heterocycles. The van der Waals surface area contributed by atoms with E-state index in [2.05, 4.69) is 10.1 Å². The van der Waals surface area contributed by atoms with E-state index >= 15 is 0 Å². The number of H-pyrrole nitrogens is 1. The summed E-state index contributed by atoms with van der Waals surface area (Å²) in [4.78, 5) is 14.9. The summed E-state index contributed by atoms with van der Waals surface area (Å²) >= 11 is 6.02. The first kappa shape index (κ1) is 11.8. The van der Waals surface area contributed by atoms with E-state index in [0.29, 0.717) is 5.02 Å². The van der Waals surface area contributed by atoms with Crippen molar-refractivity contribution in [1.29, 1.82) is 0 Å². The lowest BCUT2D eigenvalue weighted by atomic mass is 10.3. The van der Waals surface area contributed by atoms with Gasteiger partial charge in [-0.3, -0.25) is 9.25 Å². The van der Waals surface area contributed by atoms with E-state index in [1.165, 1.54) is 12.8 Å². The van der Waals surface area contributed by atoms with Crippen molar-refractivity contribution in [1.82, 2.24) is 19.3 Å². The molecule has 3 aromatic rings. The molecule has 0 aliphatic heterocycles. The zero-order valence-corrected chi connectivity index (χ0v) is 11.5. The third-order valence-electron chi connectivity index (χ3n) is 3.67. The number of halogens is 1. The summed E-state index contributed by atoms with van der Waals surface area (Å²) in [5.41, 5.74) is 2.14. The molecule has 1 saturated carbocycles. The Balaban J connectivity index is 1.83. The van der Waals surface area contributed by atoms with Crippen LogP contribution in [-0.4, -0.2) is 19.3 Å². The molecule has 1 N–H and O–H groups in total. The standard InChI is InChI=1S/C14H13ClN4O/c15-10-3-4-12-13(5-10)19(14(20)17-12)11-6-16-18(8-11)7-9-1-2-9/h3-6,8-9H,1-2,7H2,(H,17,20). The number of hydrogen-bond acceptors (Lipinski definition) is 2. The third-order valence-corrected chi connectivity index (χ3v) is 3.90. The lowest BCUT2D eigenvalue weighted by Gasteiger charge is -2.00. The molecule has 2 aromatic heterocycles. The van der Waals surface area contributed by atoms with Crippen molar-refractivity contribution in [3.63, 3.8) is 0 Å². The van der Waals surface area contributed by atoms with Crippen molar-refractivity contribution in [2.75, 3.05) is 0 Å². The van der Waals surface area contributed by atoms with Gasteiger partial charge in [0.05, 0.1) is 22.9 Å². The highest BCUT2D eigenvalue weighted by atomic mass is 35.5. The van der Waals surface area contributed by atoms with Gasteiger partial charge in [0.2, 0.25) is 0 Å². The van der Waals surface area contributed by atoms with Gasteiger partial charge in [-0.25, -0.2) is 4.79 Å². The van der Waals surface area contributed by atoms with Crippen molar-refractivity contribution in [2.24, 2.45) is 5.92 Å². The second-order valence-electron chi connectivity index (χ2n) is 5.29. The number of imidazole rings is 1. The van der Waals surface area contributed by atoms with Gasteiger partial charge in [0.1, 0.15) is 0 Å². The number of fused-ring (bicyclic) bond motifs is 1. The summed E-state index contributed by atoms with van der Waals surface area (Å²) < 4.78 is 3.51. The average molecular weight is 289 g/mol. The average Bonchev–Trinajstić information content (AvgIpc) is 3.00. The SMILES string of the molecule is O=c1[nH]c2ccc(Cl)cc2n1-c1cnn(CC2CC2)c1. The van der Waals surface area contributed by atoms with Crippen LogP contribution in [0.25, 0.3) is 16.7 Å². The fraction of sp³-hybridized carbons (Fsp3) is 0.286. The molecule has 102 valence electrons. The number of aromatic amines is 1. The Labute approximate surface area is 119 Å². The van der Waals surface area contributed by atoms with E-state index in [-0.39, 0.29) is 5.69 Å². The maximum atomic E-state index is 12.1. The maximum Gasteiger partial charge on any atom is 0.331 e. The van der Waals surface area contributed by atoms with Crippen LogP contribution in [0.2, 0.25) is 5.02 Å². The molecule has 1 aromatic carbocycles. The first-order valence-electron chi connectivity index (χ1n) is 6.64. The largest absolute Gasteiger partial charge is 0.331 e. The molecule has 4 rings (SSSR count). The molecule has 20 heavy (non-hydrogen) atoms. The number of rotatable bonds is 3. The van der Waals surface area contributed by atoms with Crippen molar-refractivity contribution in [3.05, 3.63) is 46.1 Å². The first-order valence-corrected chi connectivity index (χ1v) is 7.01. The zero-order chi connectivity index (χ0) is 13.7. The quantitative estimate of drug-likeness (QED) is 0.805. The highest BCUT2D eigenvalue weighted by molar-refractivity contribution is 6.31. The second-order valence-corrected chi connectivity index (χ2v) is 5.73. The molecule has 0 radical (unpaired) electrons. The molecule has 6 heteroatoms. The fourth-order valence-corrected chi connectivity index (χ4v) is 2.63. The number of benzene rings is 1. The van der Waals surface area contributed by atoms with E-state index in [4.69, 9.17) is 11.6 Å². The molecule has 0 atom stereocenters. The number of aromatic nitrogens is 4. The van der Waals surface area contributed by atoms with Crippen molar-refractivity contribution < 1.29 is 0 Å². The summed E-state index contributed by atoms with van der Waals surface area (Å²) in [5, 5.41) is 4.94. The van der Waals surface area contributed by atoms with E-state index in [1.807, 2.05) is 16.9 Å². The normalized spacial score (nSPS) is 15.1. The van der Waals surface area contributed by atoms with Crippen LogP contribution in [0.5, 0.6) is 0 Å². The molecule has 1 aliphatic rings. The van der Waals surface area contributed by atoms with Crippen molar-refractivity contribution >= 4 is 22.6 Å². The van der Waals surface area contributed by atoms with Gasteiger partial charge in [-0.05, 0) is 37.0 Å². The Morgan fingerprint density at radius 1 is 1.40 bits per heavy atom. The van der Waals surface area contributed by atoms with Crippen LogP contribution < -0.4 is 5.69 Å². The Bertz CT molecular complexity index is 840. The first-order chi connectivity index (χ1) is 9.70. The summed E-state index contributed by atoms with van der Waals surface area (Å²) in [7, 11) is 0. The molecule has 0 spiro atoms. The molecular formula is C14H13ClN4O. The second kappa shape index (κ2) is 4.24. The van der Waals surface area contributed by atoms with Crippen LogP contribution in [0.4, 0.5) is 0 Å². The summed E-state index contributed by atoms with van der Waals surface area (Å²) in [6.45, 7) is 0.928. The van der Waals surface area contributed by atoms with Gasteiger partial charge < -0.3 is 4.98 Å². The molecule has 5 nitrogen and oxygen atoms in total. The van der Waals surface area contributed by atoms with Gasteiger partial charge in [-0.15, -0.1) is 0 Å². The highest BCUT2D eigenvalue weighted by Crippen LogP contribution is 2.30. The maximum absolute atomic E-state index is 12.1. The molecule has 0 amide bonds. The fourth-order valence-electron chi connectivity index (χ4n) is 2.47. The zero-order valence-electron chi connectivity index (χ0n) is 10.7. The van der Waals surface area contributed by atoms with Gasteiger partial charge >= 0.3 is 5.69 Å². The minimum absolute atomic E-state index is 0.173. The van der Waals surface area contributed by atoms with Crippen LogP contribution in [0.1, 0.15) is 12.8 Å². The summed E-state index contributed by atoms with van der Waals surface area (Å²) in [5.74, 6) is 0.747. The number of hydrogen-bond donors (Lipinski definition) is 1. The van der Waals surface area contributed by atoms with Crippen molar-refractivity contribution in [3.8, 4) is 5.69 Å². The molecular weight excluding hydrogens is 276 g/mol. The Morgan fingerprint density at radius 3 is 3.05 bits per heavy atom. The van der Waals surface area contributed by atoms with E-state index < -0.39 is 0 Å². The van der Waals surface area contributed by atoms with Crippen LogP contribution >= 0.6 is 11.6 Å². The Morgan fingerprint density at radius 2 is 2.25 bits per heavy atom. The molecule has 1 aliphatic carbocycles. The molecule has 0 unspecified atom stereocenters. The summed E-state index contributed by atoms with van der Waals surface area (Å²) in [6.07, 6.45) is 6.18. The van der Waals surface area contributed by atoms with Crippen LogP contribution in [-0.2, 0) is 6.54 Å². The number of nitrogens with zero attached hydrogens (tertiary/aromatic N) is 3. The molecule has 2 heterocycles. The van der Waals surface area contributed by atoms with Crippen molar-refractivity contribution in [2.45, 2.75) is 19.4 Å². The minimum atomic E-state index is -0.173. The predicted octanol–water partition coefficient (Wildman–Crippen LogP) is 2.58. The van der Waals surface area contributed by atoms with E-state index in [1.54, 1.807) is 22.9 Å². The molecule has 1 fully saturated rings. The lowest BCUT2D eigenvalue weighted by molar-refractivity contribution is 0.563. The van der Waals surface area contributed by atoms with Gasteiger partial charge in [0.15, 0.2) is 0 Å². The van der Waals surface area contributed by atoms with Gasteiger partial charge in [-0.1, -0.05) is 11.6 Å². The summed E-state index contributed by atoms with van der Waals surface area (Å²) in [6, 6.07) is 5.36. The topological polar surface area (TPSA) is 55.6 Å². The van der Waals surface area contributed by atoms with Crippen LogP contribution in [0.3, 0.4) is 0 Å². The third kappa shape index (κ3) is 1.94. The lowest BCUT2D eigenvalue weighted by Crippen LogP contribution is -2.14. The van der Waals surface area contributed by atoms with Crippen LogP contribution in [0, 0.1) is 5.92 Å². The van der Waals surface area contributed by atoms with Gasteiger partial charge in [0, 0.05) is 17.8 Å². The van der Waals surface area contributed by atoms with E-state index in [0.717, 1.165) is 29.2 Å².